The number of nitrogens with zero attached hydrogens (tertiary/aromatic N) is 1. The molecule has 5 rings (SSSR count). The van der Waals surface area contributed by atoms with Crippen molar-refractivity contribution < 1.29 is 9.32 Å². The lowest BCUT2D eigenvalue weighted by molar-refractivity contribution is -0.125. The molecule has 6 heteroatoms. The first kappa shape index (κ1) is 15.5. The van der Waals surface area contributed by atoms with E-state index >= 15 is 0 Å². The summed E-state index contributed by atoms with van der Waals surface area (Å²) in [7, 11) is 0. The normalized spacial score (nSPS) is 28.1. The summed E-state index contributed by atoms with van der Waals surface area (Å²) >= 11 is 0. The predicted octanol–water partition coefficient (Wildman–Crippen LogP) is 2.53. The number of hydrazine groups is 1. The fourth-order valence-corrected chi connectivity index (χ4v) is 4.34. The van der Waals surface area contributed by atoms with Crippen molar-refractivity contribution in [1.82, 2.24) is 21.3 Å². The van der Waals surface area contributed by atoms with Crippen molar-refractivity contribution in [2.45, 2.75) is 31.5 Å². The number of hydrogen-bond donors (Lipinski definition) is 3. The summed E-state index contributed by atoms with van der Waals surface area (Å²) < 4.78 is 5.34. The number of aromatic nitrogens is 1. The number of fused-ring (bicyclic) bond motifs is 2. The number of benzene rings is 2. The summed E-state index contributed by atoms with van der Waals surface area (Å²) in [6.45, 7) is 1.94. The van der Waals surface area contributed by atoms with Crippen LogP contribution >= 0.6 is 0 Å². The number of piperidine rings is 1. The zero-order chi connectivity index (χ0) is 17.7. The van der Waals surface area contributed by atoms with Crippen LogP contribution in [0.1, 0.15) is 35.2 Å². The van der Waals surface area contributed by atoms with Gasteiger partial charge in [0, 0.05) is 23.6 Å². The topological polar surface area (TPSA) is 79.2 Å². The monoisotopic (exact) mass is 348 g/mol. The third kappa shape index (κ3) is 2.41. The minimum Gasteiger partial charge on any atom is -0.356 e. The average Bonchev–Trinajstić information content (AvgIpc) is 3.25. The van der Waals surface area contributed by atoms with Gasteiger partial charge in [-0.05, 0) is 30.2 Å². The van der Waals surface area contributed by atoms with Crippen molar-refractivity contribution in [3.8, 4) is 0 Å². The van der Waals surface area contributed by atoms with Crippen molar-refractivity contribution in [3.63, 3.8) is 0 Å². The molecule has 3 aromatic rings. The number of nitrogens with one attached hydrogen (secondary N) is 3. The van der Waals surface area contributed by atoms with E-state index in [1.807, 2.05) is 31.2 Å². The lowest BCUT2D eigenvalue weighted by atomic mass is 9.74. The van der Waals surface area contributed by atoms with Crippen molar-refractivity contribution in [2.24, 2.45) is 5.92 Å². The van der Waals surface area contributed by atoms with Gasteiger partial charge in [0.1, 0.15) is 0 Å². The number of rotatable bonds is 2. The van der Waals surface area contributed by atoms with Crippen LogP contribution in [0.5, 0.6) is 0 Å². The molecule has 0 saturated carbocycles. The maximum absolute atomic E-state index is 12.3. The molecule has 2 fully saturated rings. The van der Waals surface area contributed by atoms with Crippen LogP contribution in [0.25, 0.3) is 11.0 Å². The zero-order valence-corrected chi connectivity index (χ0v) is 14.4. The van der Waals surface area contributed by atoms with Gasteiger partial charge in [-0.3, -0.25) is 4.79 Å². The Morgan fingerprint density at radius 2 is 1.92 bits per heavy atom. The number of aryl methyl sites for hydroxylation is 1. The first-order chi connectivity index (χ1) is 12.7. The van der Waals surface area contributed by atoms with Crippen LogP contribution in [0, 0.1) is 12.8 Å². The highest BCUT2D eigenvalue weighted by Gasteiger charge is 2.46. The fraction of sp³-hybridized carbons (Fsp3) is 0.300. The Bertz CT molecular complexity index is 968. The van der Waals surface area contributed by atoms with Crippen LogP contribution in [0.3, 0.4) is 0 Å². The van der Waals surface area contributed by atoms with Crippen molar-refractivity contribution in [3.05, 3.63) is 65.4 Å². The van der Waals surface area contributed by atoms with E-state index in [1.165, 1.54) is 5.56 Å². The molecular weight excluding hydrogens is 328 g/mol. The highest BCUT2D eigenvalue weighted by atomic mass is 16.5. The third-order valence-electron chi connectivity index (χ3n) is 5.61. The largest absolute Gasteiger partial charge is 0.356 e. The summed E-state index contributed by atoms with van der Waals surface area (Å²) in [5.41, 5.74) is 10.7. The van der Waals surface area contributed by atoms with E-state index in [0.717, 1.165) is 22.2 Å². The van der Waals surface area contributed by atoms with E-state index in [9.17, 15) is 4.79 Å². The molecule has 132 valence electrons. The molecule has 0 aliphatic carbocycles. The van der Waals surface area contributed by atoms with Crippen molar-refractivity contribution in [2.75, 3.05) is 0 Å². The Labute approximate surface area is 150 Å². The number of hydrogen-bond acceptors (Lipinski definition) is 5. The van der Waals surface area contributed by atoms with Gasteiger partial charge >= 0.3 is 0 Å². The molecule has 2 aliphatic heterocycles. The molecule has 26 heavy (non-hydrogen) atoms. The Morgan fingerprint density at radius 1 is 1.08 bits per heavy atom. The van der Waals surface area contributed by atoms with Gasteiger partial charge in [-0.1, -0.05) is 41.6 Å². The molecule has 0 spiro atoms. The van der Waals surface area contributed by atoms with Crippen LogP contribution in [-0.2, 0) is 4.79 Å². The first-order valence-electron chi connectivity index (χ1n) is 8.92. The van der Waals surface area contributed by atoms with Gasteiger partial charge in [0.15, 0.2) is 5.58 Å². The molecule has 3 heterocycles. The van der Waals surface area contributed by atoms with Gasteiger partial charge in [0.05, 0.1) is 17.9 Å². The van der Waals surface area contributed by atoms with Gasteiger partial charge in [0.25, 0.3) is 0 Å². The Balaban J connectivity index is 1.58. The van der Waals surface area contributed by atoms with Crippen LogP contribution in [0.2, 0.25) is 0 Å². The first-order valence-corrected chi connectivity index (χ1v) is 8.92. The van der Waals surface area contributed by atoms with E-state index in [1.54, 1.807) is 0 Å². The Hall–Kier alpha value is -2.70. The molecule has 4 atom stereocenters. The third-order valence-corrected chi connectivity index (χ3v) is 5.61. The lowest BCUT2D eigenvalue weighted by Crippen LogP contribution is -2.52. The maximum Gasteiger partial charge on any atom is 0.221 e. The second kappa shape index (κ2) is 5.93. The molecular formula is C20H20N4O2. The van der Waals surface area contributed by atoms with E-state index in [-0.39, 0.29) is 30.0 Å². The molecule has 6 nitrogen and oxygen atoms in total. The standard InChI is InChI=1S/C20H20N4O2/c1-11-14-9-13(7-8-16(14)26-24-11)15-10-17(25)21-20-18(15)19(22-23-20)12-5-3-2-4-6-12/h2-9,15,18-20,22-23H,10H2,1H3,(H,21,25). The zero-order valence-electron chi connectivity index (χ0n) is 14.4. The quantitative estimate of drug-likeness (QED) is 0.663. The highest BCUT2D eigenvalue weighted by molar-refractivity contribution is 5.82. The smallest absolute Gasteiger partial charge is 0.221 e. The van der Waals surface area contributed by atoms with E-state index in [2.05, 4.69) is 45.6 Å². The molecule has 0 bridgehead atoms. The second-order valence-electron chi connectivity index (χ2n) is 7.13. The van der Waals surface area contributed by atoms with Gasteiger partial charge in [-0.15, -0.1) is 0 Å². The van der Waals surface area contributed by atoms with Crippen molar-refractivity contribution >= 4 is 16.9 Å². The summed E-state index contributed by atoms with van der Waals surface area (Å²) in [5.74, 6) is 0.397. The minimum absolute atomic E-state index is 0.0707. The SMILES string of the molecule is Cc1noc2ccc(C3CC(=O)NC4NNC(c5ccccc5)C43)cc12. The lowest BCUT2D eigenvalue weighted by Gasteiger charge is -2.36. The van der Waals surface area contributed by atoms with Crippen LogP contribution in [-0.4, -0.2) is 17.2 Å². The van der Waals surface area contributed by atoms with Gasteiger partial charge in [-0.25, -0.2) is 10.9 Å². The minimum atomic E-state index is -0.0919. The maximum atomic E-state index is 12.3. The second-order valence-corrected chi connectivity index (χ2v) is 7.13. The average molecular weight is 348 g/mol. The molecule has 2 saturated heterocycles. The Kier molecular flexibility index (Phi) is 3.55. The molecule has 3 N–H and O–H groups in total. The fourth-order valence-electron chi connectivity index (χ4n) is 4.34. The Morgan fingerprint density at radius 3 is 2.77 bits per heavy atom. The molecule has 2 aliphatic rings. The van der Waals surface area contributed by atoms with Gasteiger partial charge in [-0.2, -0.15) is 0 Å². The summed E-state index contributed by atoms with van der Waals surface area (Å²) in [6.07, 6.45) is 0.384. The summed E-state index contributed by atoms with van der Waals surface area (Å²) in [4.78, 5) is 12.3. The summed E-state index contributed by atoms with van der Waals surface area (Å²) in [6, 6.07) is 16.7. The van der Waals surface area contributed by atoms with E-state index < -0.39 is 0 Å². The van der Waals surface area contributed by atoms with Gasteiger partial charge < -0.3 is 9.84 Å². The molecule has 0 radical (unpaired) electrons. The highest BCUT2D eigenvalue weighted by Crippen LogP contribution is 2.43. The molecule has 1 amide bonds. The van der Waals surface area contributed by atoms with Crippen LogP contribution in [0.4, 0.5) is 0 Å². The molecule has 4 unspecified atom stereocenters. The van der Waals surface area contributed by atoms with Crippen LogP contribution < -0.4 is 16.2 Å². The number of carbonyl (C=O) groups is 1. The number of amides is 1. The van der Waals surface area contributed by atoms with E-state index in [4.69, 9.17) is 4.52 Å². The molecule has 2 aromatic carbocycles. The van der Waals surface area contributed by atoms with E-state index in [0.29, 0.717) is 6.42 Å². The van der Waals surface area contributed by atoms with Crippen molar-refractivity contribution in [1.29, 1.82) is 0 Å². The number of carbonyl (C=O) groups excluding carboxylic acids is 1. The summed E-state index contributed by atoms with van der Waals surface area (Å²) in [5, 5.41) is 8.14. The van der Waals surface area contributed by atoms with Crippen LogP contribution in [0.15, 0.2) is 53.1 Å². The molecule has 1 aromatic heterocycles. The predicted molar refractivity (Wildman–Crippen MR) is 97.0 cm³/mol. The van der Waals surface area contributed by atoms with Gasteiger partial charge in [0.2, 0.25) is 5.91 Å².